The van der Waals surface area contributed by atoms with E-state index >= 15 is 0 Å². The van der Waals surface area contributed by atoms with Crippen molar-refractivity contribution in [1.29, 1.82) is 0 Å². The first-order valence-electron chi connectivity index (χ1n) is 2.29. The molecule has 0 spiro atoms. The van der Waals surface area contributed by atoms with Gasteiger partial charge in [-0.1, -0.05) is 34.8 Å². The van der Waals surface area contributed by atoms with Gasteiger partial charge >= 0.3 is 0 Å². The molecule has 0 rings (SSSR count). The average molecular weight is 192 g/mol. The lowest BCUT2D eigenvalue weighted by Gasteiger charge is -2.14. The third kappa shape index (κ3) is 8.79. The van der Waals surface area contributed by atoms with Gasteiger partial charge in [0.05, 0.1) is 0 Å². The zero-order valence-corrected chi connectivity index (χ0v) is 7.46. The molecule has 0 aromatic heterocycles. The molecule has 0 N–H and O–H groups in total. The lowest BCUT2D eigenvalue weighted by atomic mass is 10.8. The van der Waals surface area contributed by atoms with E-state index < -0.39 is 3.79 Å². The van der Waals surface area contributed by atoms with Gasteiger partial charge in [0.25, 0.3) is 0 Å². The maximum atomic E-state index is 5.36. The van der Waals surface area contributed by atoms with Gasteiger partial charge in [-0.15, -0.1) is 0 Å². The van der Waals surface area contributed by atoms with Crippen molar-refractivity contribution in [2.24, 2.45) is 0 Å². The molecule has 0 aromatic rings. The van der Waals surface area contributed by atoms with Gasteiger partial charge in [0, 0.05) is 14.1 Å². The van der Waals surface area contributed by atoms with Gasteiger partial charge in [0.2, 0.25) is 3.79 Å². The molecule has 0 amide bonds. The largest absolute Gasteiger partial charge is 0.295 e. The first-order chi connectivity index (χ1) is 3.92. The molecular formula is C4H8Cl3NO. The van der Waals surface area contributed by atoms with E-state index in [4.69, 9.17) is 39.6 Å². The molecule has 0 unspecified atom stereocenters. The van der Waals surface area contributed by atoms with Crippen LogP contribution in [0.3, 0.4) is 0 Å². The van der Waals surface area contributed by atoms with Crippen molar-refractivity contribution >= 4 is 34.8 Å². The normalized spacial score (nSPS) is 12.7. The molecule has 0 saturated carbocycles. The summed E-state index contributed by atoms with van der Waals surface area (Å²) in [5.41, 5.74) is 0. The Kier molecular flexibility index (Phi) is 4.17. The fraction of sp³-hybridized carbons (Fsp3) is 1.00. The van der Waals surface area contributed by atoms with Crippen LogP contribution >= 0.6 is 34.8 Å². The van der Waals surface area contributed by atoms with Gasteiger partial charge in [-0.2, -0.15) is 5.06 Å². The highest BCUT2D eigenvalue weighted by atomic mass is 35.6. The molecule has 56 valence electrons. The second-order valence-electron chi connectivity index (χ2n) is 1.70. The molecule has 0 saturated heterocycles. The van der Waals surface area contributed by atoms with Crippen LogP contribution in [0.25, 0.3) is 0 Å². The molecule has 5 heteroatoms. The summed E-state index contributed by atoms with van der Waals surface area (Å²) in [7, 11) is 3.44. The Hall–Kier alpha value is 0.790. The monoisotopic (exact) mass is 191 g/mol. The number of hydrogen-bond acceptors (Lipinski definition) is 2. The fourth-order valence-electron chi connectivity index (χ4n) is 0.202. The van der Waals surface area contributed by atoms with Crippen LogP contribution in [0.2, 0.25) is 0 Å². The molecule has 0 bridgehead atoms. The van der Waals surface area contributed by atoms with Crippen LogP contribution in [0, 0.1) is 0 Å². The molecule has 0 fully saturated rings. The Morgan fingerprint density at radius 2 is 1.78 bits per heavy atom. The van der Waals surface area contributed by atoms with Gasteiger partial charge in [-0.25, -0.2) is 0 Å². The van der Waals surface area contributed by atoms with Crippen molar-refractivity contribution in [2.75, 3.05) is 20.7 Å². The molecule has 0 radical (unpaired) electrons. The van der Waals surface area contributed by atoms with Crippen LogP contribution in [0.15, 0.2) is 0 Å². The number of hydrogen-bond donors (Lipinski definition) is 0. The maximum absolute atomic E-state index is 5.36. The SMILES string of the molecule is CN(C)OCC(Cl)(Cl)Cl. The number of nitrogens with zero attached hydrogens (tertiary/aromatic N) is 1. The van der Waals surface area contributed by atoms with Crippen molar-refractivity contribution in [3.05, 3.63) is 0 Å². The smallest absolute Gasteiger partial charge is 0.215 e. The first-order valence-corrected chi connectivity index (χ1v) is 3.42. The Bertz CT molecular complexity index is 80.4. The molecule has 2 nitrogen and oxygen atoms in total. The fourth-order valence-corrected chi connectivity index (χ4v) is 0.349. The average Bonchev–Trinajstić information content (AvgIpc) is 1.59. The number of halogens is 3. The van der Waals surface area contributed by atoms with Crippen molar-refractivity contribution in [2.45, 2.75) is 3.79 Å². The third-order valence-electron chi connectivity index (χ3n) is 0.486. The van der Waals surface area contributed by atoms with Gasteiger partial charge in [-0.05, 0) is 0 Å². The second-order valence-corrected chi connectivity index (χ2v) is 4.22. The minimum Gasteiger partial charge on any atom is -0.295 e. The third-order valence-corrected chi connectivity index (χ3v) is 0.814. The van der Waals surface area contributed by atoms with Crippen LogP contribution in [0.1, 0.15) is 0 Å². The van der Waals surface area contributed by atoms with Crippen molar-refractivity contribution in [1.82, 2.24) is 5.06 Å². The zero-order valence-electron chi connectivity index (χ0n) is 5.20. The predicted molar refractivity (Wildman–Crippen MR) is 39.9 cm³/mol. The summed E-state index contributed by atoms with van der Waals surface area (Å²) in [6, 6.07) is 0. The molecule has 9 heavy (non-hydrogen) atoms. The van der Waals surface area contributed by atoms with Gasteiger partial charge in [0.15, 0.2) is 0 Å². The van der Waals surface area contributed by atoms with Crippen LogP contribution in [-0.4, -0.2) is 29.6 Å². The minimum atomic E-state index is -1.32. The van der Waals surface area contributed by atoms with Gasteiger partial charge in [-0.3, -0.25) is 4.84 Å². The lowest BCUT2D eigenvalue weighted by Crippen LogP contribution is -2.21. The van der Waals surface area contributed by atoms with Gasteiger partial charge in [0.1, 0.15) is 6.61 Å². The maximum Gasteiger partial charge on any atom is 0.215 e. The standard InChI is InChI=1S/C4H8Cl3NO/c1-8(2)9-3-4(5,6)7/h3H2,1-2H3. The Labute approximate surface area is 69.6 Å². The minimum absolute atomic E-state index is 0.0741. The van der Waals surface area contributed by atoms with E-state index in [1.807, 2.05) is 0 Å². The Morgan fingerprint density at radius 1 is 1.33 bits per heavy atom. The summed E-state index contributed by atoms with van der Waals surface area (Å²) in [6.07, 6.45) is 0. The van der Waals surface area contributed by atoms with E-state index in [1.54, 1.807) is 14.1 Å². The highest BCUT2D eigenvalue weighted by Gasteiger charge is 2.20. The summed E-state index contributed by atoms with van der Waals surface area (Å²) >= 11 is 16.1. The quantitative estimate of drug-likeness (QED) is 0.489. The van der Waals surface area contributed by atoms with E-state index in [2.05, 4.69) is 0 Å². The summed E-state index contributed by atoms with van der Waals surface area (Å²) < 4.78 is -1.32. The Morgan fingerprint density at radius 3 is 1.89 bits per heavy atom. The molecular weight excluding hydrogens is 184 g/mol. The van der Waals surface area contributed by atoms with E-state index in [1.165, 1.54) is 5.06 Å². The van der Waals surface area contributed by atoms with Gasteiger partial charge < -0.3 is 0 Å². The van der Waals surface area contributed by atoms with E-state index in [0.717, 1.165) is 0 Å². The Balaban J connectivity index is 3.28. The van der Waals surface area contributed by atoms with E-state index in [9.17, 15) is 0 Å². The first kappa shape index (κ1) is 9.79. The summed E-state index contributed by atoms with van der Waals surface area (Å²) in [4.78, 5) is 4.84. The predicted octanol–water partition coefficient (Wildman–Crippen LogP) is 1.85. The highest BCUT2D eigenvalue weighted by Crippen LogP contribution is 2.25. The molecule has 0 aromatic carbocycles. The summed E-state index contributed by atoms with van der Waals surface area (Å²) in [6.45, 7) is 0.0741. The number of alkyl halides is 3. The summed E-state index contributed by atoms with van der Waals surface area (Å²) in [5, 5.41) is 1.47. The van der Waals surface area contributed by atoms with Crippen molar-refractivity contribution in [3.8, 4) is 0 Å². The topological polar surface area (TPSA) is 12.5 Å². The molecule has 0 atom stereocenters. The zero-order chi connectivity index (χ0) is 7.49. The van der Waals surface area contributed by atoms with E-state index in [0.29, 0.717) is 0 Å². The number of rotatable bonds is 2. The molecule has 0 aliphatic rings. The molecule has 0 heterocycles. The van der Waals surface area contributed by atoms with Crippen molar-refractivity contribution in [3.63, 3.8) is 0 Å². The van der Waals surface area contributed by atoms with Crippen LogP contribution in [0.5, 0.6) is 0 Å². The molecule has 0 aliphatic carbocycles. The second kappa shape index (κ2) is 3.84. The lowest BCUT2D eigenvalue weighted by molar-refractivity contribution is -0.117. The van der Waals surface area contributed by atoms with E-state index in [-0.39, 0.29) is 6.61 Å². The van der Waals surface area contributed by atoms with Crippen molar-refractivity contribution < 1.29 is 4.84 Å². The van der Waals surface area contributed by atoms with Crippen LogP contribution < -0.4 is 0 Å². The number of hydroxylamine groups is 2. The van der Waals surface area contributed by atoms with Crippen LogP contribution in [0.4, 0.5) is 0 Å². The summed E-state index contributed by atoms with van der Waals surface area (Å²) in [5.74, 6) is 0. The van der Waals surface area contributed by atoms with Crippen LogP contribution in [-0.2, 0) is 4.84 Å². The molecule has 0 aliphatic heterocycles. The highest BCUT2D eigenvalue weighted by molar-refractivity contribution is 6.67.